The second-order valence-electron chi connectivity index (χ2n) is 4.17. The lowest BCUT2D eigenvalue weighted by atomic mass is 10.1. The molecule has 0 fully saturated rings. The largest absolute Gasteiger partial charge is 0.482 e. The Morgan fingerprint density at radius 1 is 1.21 bits per heavy atom. The molecule has 0 aromatic heterocycles. The van der Waals surface area contributed by atoms with Crippen LogP contribution in [-0.4, -0.2) is 23.5 Å². The summed E-state index contributed by atoms with van der Waals surface area (Å²) in [7, 11) is 0. The molecule has 0 heterocycles. The SMILES string of the molecule is O=[C]C(CCC(=O)O)Oc1ccc2ccccc2c1. The standard InChI is InChI=1S/C15H13O4/c16-10-14(7-8-15(17)18)19-13-6-5-11-3-1-2-4-12(11)9-13/h1-6,9,14H,7-8H2,(H,17,18). The van der Waals surface area contributed by atoms with Crippen LogP contribution in [0.3, 0.4) is 0 Å². The third kappa shape index (κ3) is 3.55. The minimum Gasteiger partial charge on any atom is -0.482 e. The monoisotopic (exact) mass is 257 g/mol. The first-order valence-electron chi connectivity index (χ1n) is 5.94. The molecular formula is C15H13O4. The second-order valence-corrected chi connectivity index (χ2v) is 4.17. The second kappa shape index (κ2) is 6.00. The van der Waals surface area contributed by atoms with Crippen molar-refractivity contribution < 1.29 is 19.4 Å². The molecular weight excluding hydrogens is 244 g/mol. The first kappa shape index (κ1) is 13.1. The van der Waals surface area contributed by atoms with Gasteiger partial charge in [-0.2, -0.15) is 0 Å². The van der Waals surface area contributed by atoms with E-state index >= 15 is 0 Å². The van der Waals surface area contributed by atoms with Gasteiger partial charge >= 0.3 is 5.97 Å². The lowest BCUT2D eigenvalue weighted by Gasteiger charge is -2.12. The van der Waals surface area contributed by atoms with Crippen LogP contribution in [0.5, 0.6) is 5.75 Å². The minimum atomic E-state index is -0.956. The van der Waals surface area contributed by atoms with E-state index in [-0.39, 0.29) is 12.8 Å². The third-order valence-corrected chi connectivity index (χ3v) is 2.75. The Morgan fingerprint density at radius 3 is 2.63 bits per heavy atom. The first-order valence-corrected chi connectivity index (χ1v) is 5.94. The van der Waals surface area contributed by atoms with Crippen LogP contribution in [0, 0.1) is 0 Å². The Hall–Kier alpha value is -2.36. The van der Waals surface area contributed by atoms with E-state index in [0.29, 0.717) is 5.75 Å². The van der Waals surface area contributed by atoms with Crippen molar-refractivity contribution in [1.29, 1.82) is 0 Å². The fourth-order valence-electron chi connectivity index (χ4n) is 1.80. The Morgan fingerprint density at radius 2 is 1.95 bits per heavy atom. The van der Waals surface area contributed by atoms with Crippen LogP contribution in [0.1, 0.15) is 12.8 Å². The van der Waals surface area contributed by atoms with Crippen LogP contribution in [0.15, 0.2) is 42.5 Å². The van der Waals surface area contributed by atoms with E-state index in [2.05, 4.69) is 0 Å². The predicted octanol–water partition coefficient (Wildman–Crippen LogP) is 2.56. The highest BCUT2D eigenvalue weighted by molar-refractivity contribution is 5.83. The molecule has 2 rings (SSSR count). The number of aliphatic carboxylic acids is 1. The number of benzene rings is 2. The number of hydrogen-bond acceptors (Lipinski definition) is 3. The summed E-state index contributed by atoms with van der Waals surface area (Å²) < 4.78 is 5.44. The molecule has 4 heteroatoms. The molecule has 0 aliphatic rings. The van der Waals surface area contributed by atoms with Crippen LogP contribution in [-0.2, 0) is 9.59 Å². The normalized spacial score (nSPS) is 12.0. The van der Waals surface area contributed by atoms with Gasteiger partial charge in [-0.25, -0.2) is 0 Å². The van der Waals surface area contributed by atoms with Gasteiger partial charge in [0.15, 0.2) is 6.10 Å². The van der Waals surface area contributed by atoms with Crippen LogP contribution >= 0.6 is 0 Å². The summed E-state index contributed by atoms with van der Waals surface area (Å²) in [5.41, 5.74) is 0. The molecule has 1 unspecified atom stereocenters. The van der Waals surface area contributed by atoms with E-state index in [0.717, 1.165) is 10.8 Å². The van der Waals surface area contributed by atoms with E-state index < -0.39 is 12.1 Å². The summed E-state index contributed by atoms with van der Waals surface area (Å²) in [6.07, 6.45) is 0.868. The van der Waals surface area contributed by atoms with Crippen LogP contribution in [0.25, 0.3) is 10.8 Å². The summed E-state index contributed by atoms with van der Waals surface area (Å²) in [6, 6.07) is 13.3. The smallest absolute Gasteiger partial charge is 0.303 e. The van der Waals surface area contributed by atoms with E-state index in [1.165, 1.54) is 0 Å². The number of carboxylic acids is 1. The highest BCUT2D eigenvalue weighted by Gasteiger charge is 2.12. The summed E-state index contributed by atoms with van der Waals surface area (Å²) >= 11 is 0. The van der Waals surface area contributed by atoms with Gasteiger partial charge in [0.1, 0.15) is 5.75 Å². The number of hydrogen-bond donors (Lipinski definition) is 1. The Bertz CT molecular complexity index is 591. The quantitative estimate of drug-likeness (QED) is 0.863. The summed E-state index contributed by atoms with van der Waals surface area (Å²) in [4.78, 5) is 21.2. The van der Waals surface area contributed by atoms with Gasteiger partial charge in [-0.15, -0.1) is 0 Å². The van der Waals surface area contributed by atoms with Crippen molar-refractivity contribution in [3.8, 4) is 5.75 Å². The molecule has 19 heavy (non-hydrogen) atoms. The van der Waals surface area contributed by atoms with E-state index in [9.17, 15) is 9.59 Å². The Balaban J connectivity index is 2.10. The number of carbonyl (C=O) groups excluding carboxylic acids is 1. The number of fused-ring (bicyclic) bond motifs is 1. The van der Waals surface area contributed by atoms with E-state index in [1.807, 2.05) is 36.4 Å². The predicted molar refractivity (Wildman–Crippen MR) is 70.9 cm³/mol. The fraction of sp³-hybridized carbons (Fsp3) is 0.200. The number of ether oxygens (including phenoxy) is 1. The van der Waals surface area contributed by atoms with Gasteiger partial charge in [0, 0.05) is 12.8 Å². The Kier molecular flexibility index (Phi) is 4.13. The van der Waals surface area contributed by atoms with Gasteiger partial charge < -0.3 is 9.84 Å². The molecule has 0 aliphatic heterocycles. The molecule has 1 radical (unpaired) electrons. The number of carbonyl (C=O) groups is 1. The van der Waals surface area contributed by atoms with Crippen molar-refractivity contribution >= 4 is 23.0 Å². The van der Waals surface area contributed by atoms with Crippen LogP contribution < -0.4 is 4.74 Å². The maximum atomic E-state index is 10.7. The molecule has 1 N–H and O–H groups in total. The first-order chi connectivity index (χ1) is 9.19. The van der Waals surface area contributed by atoms with Crippen molar-refractivity contribution in [3.63, 3.8) is 0 Å². The average molecular weight is 257 g/mol. The van der Waals surface area contributed by atoms with Gasteiger partial charge in [0.2, 0.25) is 6.29 Å². The zero-order chi connectivity index (χ0) is 13.7. The van der Waals surface area contributed by atoms with Crippen molar-refractivity contribution in [3.05, 3.63) is 42.5 Å². The molecule has 1 atom stereocenters. The summed E-state index contributed by atoms with van der Waals surface area (Å²) in [5, 5.41) is 10.7. The molecule has 0 amide bonds. The van der Waals surface area contributed by atoms with Crippen molar-refractivity contribution in [2.75, 3.05) is 0 Å². The highest BCUT2D eigenvalue weighted by atomic mass is 16.5. The molecule has 0 spiro atoms. The van der Waals surface area contributed by atoms with Crippen molar-refractivity contribution in [1.82, 2.24) is 0 Å². The number of rotatable bonds is 6. The maximum Gasteiger partial charge on any atom is 0.303 e. The molecule has 2 aromatic rings. The van der Waals surface area contributed by atoms with Crippen molar-refractivity contribution in [2.24, 2.45) is 0 Å². The topological polar surface area (TPSA) is 63.6 Å². The van der Waals surface area contributed by atoms with Gasteiger partial charge in [0.25, 0.3) is 0 Å². The zero-order valence-electron chi connectivity index (χ0n) is 10.2. The average Bonchev–Trinajstić information content (AvgIpc) is 2.43. The van der Waals surface area contributed by atoms with Crippen LogP contribution in [0.4, 0.5) is 0 Å². The zero-order valence-corrected chi connectivity index (χ0v) is 10.2. The van der Waals surface area contributed by atoms with Gasteiger partial charge in [-0.05, 0) is 22.9 Å². The van der Waals surface area contributed by atoms with Gasteiger partial charge in [-0.1, -0.05) is 30.3 Å². The van der Waals surface area contributed by atoms with Crippen molar-refractivity contribution in [2.45, 2.75) is 18.9 Å². The Labute approximate surface area is 110 Å². The van der Waals surface area contributed by atoms with Gasteiger partial charge in [-0.3, -0.25) is 9.59 Å². The van der Waals surface area contributed by atoms with E-state index in [4.69, 9.17) is 9.84 Å². The molecule has 2 aromatic carbocycles. The fourth-order valence-corrected chi connectivity index (χ4v) is 1.80. The minimum absolute atomic E-state index is 0.117. The highest BCUT2D eigenvalue weighted by Crippen LogP contribution is 2.21. The lowest BCUT2D eigenvalue weighted by molar-refractivity contribution is -0.137. The maximum absolute atomic E-state index is 10.7. The molecule has 0 saturated heterocycles. The summed E-state index contributed by atoms with van der Waals surface area (Å²) in [5.74, 6) is -0.417. The molecule has 97 valence electrons. The van der Waals surface area contributed by atoms with Crippen LogP contribution in [0.2, 0.25) is 0 Å². The third-order valence-electron chi connectivity index (χ3n) is 2.75. The van der Waals surface area contributed by atoms with Gasteiger partial charge in [0.05, 0.1) is 0 Å². The molecule has 4 nitrogen and oxygen atoms in total. The molecule has 0 aliphatic carbocycles. The van der Waals surface area contributed by atoms with E-state index in [1.54, 1.807) is 12.4 Å². The molecule has 0 bridgehead atoms. The lowest BCUT2D eigenvalue weighted by Crippen LogP contribution is -2.19. The molecule has 0 saturated carbocycles. The summed E-state index contributed by atoms with van der Waals surface area (Å²) in [6.45, 7) is 0. The number of carboxylic acid groups (broad SMARTS) is 1.